The molecular formula is C68H64. The summed E-state index contributed by atoms with van der Waals surface area (Å²) in [4.78, 5) is 0. The molecule has 0 bridgehead atoms. The van der Waals surface area contributed by atoms with E-state index in [1.54, 1.807) is 0 Å². The third kappa shape index (κ3) is 6.46. The van der Waals surface area contributed by atoms with Crippen molar-refractivity contribution in [3.63, 3.8) is 0 Å². The van der Waals surface area contributed by atoms with Crippen LogP contribution in [-0.4, -0.2) is 0 Å². The lowest BCUT2D eigenvalue weighted by Gasteiger charge is -2.29. The third-order valence-electron chi connectivity index (χ3n) is 15.9. The standard InChI is InChI=1S/C68H64/c1-65(2,3)43-31-41(32-44(37-43)66(4,5)6)59-55-28-27-40(48-29-30-54-50-22-16-15-21-49(50)53-25-17-23-52(48)61(53)54)35-57(55)60(42-33-45(67(7,8)9)38-46(34-42)68(10,11)12)63-56-26-18-24-51-47-20-14-13-19-39(47)36-58(62(51)56)64(59)63/h13-38,49-50H,1-12H3. The zero-order valence-electron chi connectivity index (χ0n) is 42.2. The van der Waals surface area contributed by atoms with Crippen LogP contribution in [0.4, 0.5) is 0 Å². The summed E-state index contributed by atoms with van der Waals surface area (Å²) in [6.45, 7) is 28.4. The Morgan fingerprint density at radius 3 is 1.43 bits per heavy atom. The van der Waals surface area contributed by atoms with Gasteiger partial charge in [-0.05, 0) is 166 Å². The van der Waals surface area contributed by atoms with Crippen LogP contribution >= 0.6 is 0 Å². The summed E-state index contributed by atoms with van der Waals surface area (Å²) in [5.74, 6) is 0.773. The van der Waals surface area contributed by atoms with Crippen molar-refractivity contribution in [1.29, 1.82) is 0 Å². The molecule has 0 heterocycles. The van der Waals surface area contributed by atoms with Gasteiger partial charge in [-0.15, -0.1) is 0 Å². The highest BCUT2D eigenvalue weighted by Crippen LogP contribution is 2.60. The SMILES string of the molecule is CC(C)(C)c1cc(-c2c3c(c(-c4cc(C(C)(C)C)cc(C(C)(C)C)c4)c4cc(-c5ccc6c7c(cccc57)C5C=CC=CC65)ccc24)-c2cccc4c2c-3cc2ccccc24)cc(C(C)(C)C)c1. The molecule has 3 aliphatic rings. The molecule has 0 aromatic heterocycles. The van der Waals surface area contributed by atoms with E-state index in [9.17, 15) is 0 Å². The Balaban J connectivity index is 1.28. The van der Waals surface area contributed by atoms with Gasteiger partial charge in [0.15, 0.2) is 0 Å². The molecule has 0 spiro atoms. The van der Waals surface area contributed by atoms with E-state index in [-0.39, 0.29) is 21.7 Å². The summed E-state index contributed by atoms with van der Waals surface area (Å²) in [7, 11) is 0. The minimum Gasteiger partial charge on any atom is -0.0761 e. The van der Waals surface area contributed by atoms with E-state index in [0.29, 0.717) is 11.8 Å². The number of fused-ring (bicyclic) bond motifs is 9. The molecule has 0 saturated heterocycles. The van der Waals surface area contributed by atoms with E-state index >= 15 is 0 Å². The van der Waals surface area contributed by atoms with Crippen molar-refractivity contribution in [2.24, 2.45) is 0 Å². The summed E-state index contributed by atoms with van der Waals surface area (Å²) in [5, 5.41) is 10.7. The van der Waals surface area contributed by atoms with Crippen molar-refractivity contribution in [1.82, 2.24) is 0 Å². The Bertz CT molecular complexity index is 3610. The molecular weight excluding hydrogens is 817 g/mol. The molecule has 0 saturated carbocycles. The highest BCUT2D eigenvalue weighted by atomic mass is 14.4. The topological polar surface area (TPSA) is 0 Å². The molecule has 9 aromatic carbocycles. The van der Waals surface area contributed by atoms with Gasteiger partial charge in [-0.3, -0.25) is 0 Å². The quantitative estimate of drug-likeness (QED) is 0.155. The maximum atomic E-state index is 2.58. The molecule has 336 valence electrons. The zero-order chi connectivity index (χ0) is 47.4. The first-order chi connectivity index (χ1) is 32.3. The monoisotopic (exact) mass is 881 g/mol. The molecule has 2 atom stereocenters. The van der Waals surface area contributed by atoms with E-state index in [0.717, 1.165) is 0 Å². The van der Waals surface area contributed by atoms with Gasteiger partial charge in [-0.25, -0.2) is 0 Å². The molecule has 2 unspecified atom stereocenters. The number of hydrogen-bond acceptors (Lipinski definition) is 0. The average Bonchev–Trinajstić information content (AvgIpc) is 3.80. The lowest BCUT2D eigenvalue weighted by molar-refractivity contribution is 0.568. The molecule has 0 heteroatoms. The Morgan fingerprint density at radius 2 is 0.824 bits per heavy atom. The lowest BCUT2D eigenvalue weighted by Crippen LogP contribution is -2.17. The van der Waals surface area contributed by atoms with Crippen LogP contribution in [0.3, 0.4) is 0 Å². The molecule has 0 N–H and O–H groups in total. The van der Waals surface area contributed by atoms with Gasteiger partial charge >= 0.3 is 0 Å². The summed E-state index contributed by atoms with van der Waals surface area (Å²) in [6.07, 6.45) is 9.28. The summed E-state index contributed by atoms with van der Waals surface area (Å²) in [6, 6.07) is 53.1. The van der Waals surface area contributed by atoms with Crippen LogP contribution in [0, 0.1) is 0 Å². The van der Waals surface area contributed by atoms with Crippen LogP contribution in [-0.2, 0) is 21.7 Å². The highest BCUT2D eigenvalue weighted by molar-refractivity contribution is 6.31. The second-order valence-corrected chi connectivity index (χ2v) is 24.5. The van der Waals surface area contributed by atoms with E-state index in [1.165, 1.54) is 132 Å². The van der Waals surface area contributed by atoms with Gasteiger partial charge in [0.2, 0.25) is 0 Å². The van der Waals surface area contributed by atoms with Crippen LogP contribution < -0.4 is 0 Å². The van der Waals surface area contributed by atoms with E-state index < -0.39 is 0 Å². The van der Waals surface area contributed by atoms with Crippen molar-refractivity contribution in [3.8, 4) is 55.6 Å². The molecule has 3 aliphatic carbocycles. The van der Waals surface area contributed by atoms with Gasteiger partial charge in [0.05, 0.1) is 0 Å². The fraction of sp³-hybridized carbons (Fsp3) is 0.265. The Labute approximate surface area is 404 Å². The highest BCUT2D eigenvalue weighted by Gasteiger charge is 2.36. The van der Waals surface area contributed by atoms with E-state index in [1.807, 2.05) is 0 Å². The van der Waals surface area contributed by atoms with Crippen LogP contribution in [0.25, 0.3) is 98.7 Å². The van der Waals surface area contributed by atoms with E-state index in [4.69, 9.17) is 0 Å². The lowest BCUT2D eigenvalue weighted by atomic mass is 9.75. The zero-order valence-corrected chi connectivity index (χ0v) is 42.2. The van der Waals surface area contributed by atoms with Gasteiger partial charge in [0.25, 0.3) is 0 Å². The first-order valence-electron chi connectivity index (χ1n) is 25.1. The minimum atomic E-state index is -0.0519. The number of allylic oxidation sites excluding steroid dienone is 4. The summed E-state index contributed by atoms with van der Waals surface area (Å²) in [5.41, 5.74) is 21.4. The Morgan fingerprint density at radius 1 is 0.309 bits per heavy atom. The van der Waals surface area contributed by atoms with Crippen LogP contribution in [0.1, 0.15) is 128 Å². The molecule has 12 rings (SSSR count). The van der Waals surface area contributed by atoms with Crippen LogP contribution in [0.5, 0.6) is 0 Å². The molecule has 0 fully saturated rings. The van der Waals surface area contributed by atoms with Crippen molar-refractivity contribution in [3.05, 3.63) is 191 Å². The number of rotatable bonds is 3. The fourth-order valence-electron chi connectivity index (χ4n) is 12.1. The maximum absolute atomic E-state index is 2.58. The van der Waals surface area contributed by atoms with Crippen molar-refractivity contribution in [2.45, 2.75) is 117 Å². The first kappa shape index (κ1) is 42.8. The molecule has 0 nitrogen and oxygen atoms in total. The molecule has 0 radical (unpaired) electrons. The fourth-order valence-corrected chi connectivity index (χ4v) is 12.1. The largest absolute Gasteiger partial charge is 0.0761 e. The van der Waals surface area contributed by atoms with E-state index in [2.05, 4.69) is 241 Å². The van der Waals surface area contributed by atoms with Gasteiger partial charge in [-0.2, -0.15) is 0 Å². The third-order valence-corrected chi connectivity index (χ3v) is 15.9. The smallest absolute Gasteiger partial charge is 0.0131 e. The Hall–Kier alpha value is -6.50. The van der Waals surface area contributed by atoms with Gasteiger partial charge in [-0.1, -0.05) is 229 Å². The van der Waals surface area contributed by atoms with Crippen molar-refractivity contribution in [2.75, 3.05) is 0 Å². The normalized spacial score (nSPS) is 16.4. The molecule has 0 aliphatic heterocycles. The molecule has 68 heavy (non-hydrogen) atoms. The maximum Gasteiger partial charge on any atom is 0.0131 e. The average molecular weight is 881 g/mol. The van der Waals surface area contributed by atoms with Gasteiger partial charge in [0, 0.05) is 11.8 Å². The summed E-state index contributed by atoms with van der Waals surface area (Å²) < 4.78 is 0. The second kappa shape index (κ2) is 14.5. The second-order valence-electron chi connectivity index (χ2n) is 24.5. The predicted molar refractivity (Wildman–Crippen MR) is 296 cm³/mol. The van der Waals surface area contributed by atoms with Crippen molar-refractivity contribution >= 4 is 43.1 Å². The van der Waals surface area contributed by atoms with Crippen LogP contribution in [0.15, 0.2) is 158 Å². The van der Waals surface area contributed by atoms with Crippen LogP contribution in [0.2, 0.25) is 0 Å². The minimum absolute atomic E-state index is 0.0448. The molecule has 9 aromatic rings. The first-order valence-corrected chi connectivity index (χ1v) is 25.1. The van der Waals surface area contributed by atoms with Gasteiger partial charge in [0.1, 0.15) is 0 Å². The Kier molecular flexibility index (Phi) is 9.14. The van der Waals surface area contributed by atoms with Gasteiger partial charge < -0.3 is 0 Å². The summed E-state index contributed by atoms with van der Waals surface area (Å²) >= 11 is 0. The predicted octanol–water partition coefficient (Wildman–Crippen LogP) is 19.4. The number of benzene rings is 9. The molecule has 0 amide bonds. The number of hydrogen-bond donors (Lipinski definition) is 0. The van der Waals surface area contributed by atoms with Crippen molar-refractivity contribution < 1.29 is 0 Å².